The number of nitro benzene ring substituents is 1. The minimum absolute atomic E-state index is 0.0667. The molecule has 0 unspecified atom stereocenters. The number of hydrogen-bond donors (Lipinski definition) is 1. The molecule has 24 heavy (non-hydrogen) atoms. The number of nitrogens with zero attached hydrogens (tertiary/aromatic N) is 3. The van der Waals surface area contributed by atoms with E-state index in [0.717, 1.165) is 37.3 Å². The first-order valence-electron chi connectivity index (χ1n) is 7.61. The zero-order chi connectivity index (χ0) is 17.1. The van der Waals surface area contributed by atoms with E-state index in [0.29, 0.717) is 5.56 Å². The van der Waals surface area contributed by atoms with Gasteiger partial charge in [0.15, 0.2) is 0 Å². The first kappa shape index (κ1) is 16.4. The van der Waals surface area contributed by atoms with Gasteiger partial charge in [0.25, 0.3) is 5.69 Å². The highest BCUT2D eigenvalue weighted by Gasteiger charge is 2.16. The fraction of sp³-hybridized carbons (Fsp3) is 0.235. The molecule has 1 aliphatic rings. The van der Waals surface area contributed by atoms with Crippen molar-refractivity contribution in [3.8, 4) is 5.75 Å². The maximum atomic E-state index is 11.0. The Labute approximate surface area is 147 Å². The zero-order valence-electron chi connectivity index (χ0n) is 12.9. The van der Waals surface area contributed by atoms with Crippen LogP contribution < -0.4 is 4.90 Å². The summed E-state index contributed by atoms with van der Waals surface area (Å²) < 4.78 is 0.269. The van der Waals surface area contributed by atoms with E-state index < -0.39 is 4.92 Å². The average Bonchev–Trinajstić information content (AvgIpc) is 3.10. The number of nitro groups is 1. The van der Waals surface area contributed by atoms with Crippen molar-refractivity contribution in [2.45, 2.75) is 12.8 Å². The van der Waals surface area contributed by atoms with Gasteiger partial charge in [-0.2, -0.15) is 0 Å². The lowest BCUT2D eigenvalue weighted by atomic mass is 10.2. The highest BCUT2D eigenvalue weighted by Crippen LogP contribution is 2.34. The Hall–Kier alpha value is -2.41. The summed E-state index contributed by atoms with van der Waals surface area (Å²) in [5.74, 6) is -0.0667. The van der Waals surface area contributed by atoms with Crippen LogP contribution in [0, 0.1) is 10.1 Å². The van der Waals surface area contributed by atoms with Crippen LogP contribution in [-0.4, -0.2) is 29.3 Å². The van der Waals surface area contributed by atoms with Crippen molar-refractivity contribution in [1.82, 2.24) is 0 Å². The summed E-state index contributed by atoms with van der Waals surface area (Å²) in [6, 6.07) is 10.4. The summed E-state index contributed by atoms with van der Waals surface area (Å²) >= 11 is 3.14. The van der Waals surface area contributed by atoms with Crippen LogP contribution in [0.3, 0.4) is 0 Å². The molecule has 124 valence electrons. The van der Waals surface area contributed by atoms with E-state index in [1.165, 1.54) is 18.3 Å². The van der Waals surface area contributed by atoms with Crippen LogP contribution in [0.15, 0.2) is 45.9 Å². The summed E-state index contributed by atoms with van der Waals surface area (Å²) in [5, 5.41) is 21.1. The molecule has 1 saturated heterocycles. The number of anilines is 1. The third-order valence-corrected chi connectivity index (χ3v) is 4.56. The van der Waals surface area contributed by atoms with Crippen molar-refractivity contribution in [1.29, 1.82) is 0 Å². The molecule has 0 bridgehead atoms. The standard InChI is InChI=1S/C17H16BrN3O3/c18-14-10-13(21(23)24)9-12(17(14)22)11-19-15-5-1-2-6-16(15)20-7-3-4-8-20/h1-2,5-6,9-11,22H,3-4,7-8H2. The first-order chi connectivity index (χ1) is 11.6. The topological polar surface area (TPSA) is 79.0 Å². The second-order valence-corrected chi connectivity index (χ2v) is 6.42. The van der Waals surface area contributed by atoms with Gasteiger partial charge in [0.05, 0.1) is 20.8 Å². The minimum Gasteiger partial charge on any atom is -0.506 e. The summed E-state index contributed by atoms with van der Waals surface area (Å²) in [7, 11) is 0. The lowest BCUT2D eigenvalue weighted by molar-refractivity contribution is -0.385. The number of non-ortho nitro benzene ring substituents is 1. The first-order valence-corrected chi connectivity index (χ1v) is 8.40. The van der Waals surface area contributed by atoms with Gasteiger partial charge in [-0.05, 0) is 40.9 Å². The summed E-state index contributed by atoms with van der Waals surface area (Å²) in [4.78, 5) is 17.2. The van der Waals surface area contributed by atoms with Gasteiger partial charge in [-0.15, -0.1) is 0 Å². The van der Waals surface area contributed by atoms with Crippen molar-refractivity contribution in [2.24, 2.45) is 4.99 Å². The van der Waals surface area contributed by atoms with Gasteiger partial charge in [0.1, 0.15) is 5.75 Å². The molecule has 0 atom stereocenters. The maximum Gasteiger partial charge on any atom is 0.271 e. The van der Waals surface area contributed by atoms with E-state index in [-0.39, 0.29) is 15.9 Å². The number of phenolic OH excluding ortho intramolecular Hbond substituents is 1. The van der Waals surface area contributed by atoms with Crippen LogP contribution in [0.25, 0.3) is 0 Å². The molecule has 0 spiro atoms. The number of para-hydroxylation sites is 2. The predicted octanol–water partition coefficient (Wildman–Crippen LogP) is 4.41. The van der Waals surface area contributed by atoms with Gasteiger partial charge in [-0.1, -0.05) is 12.1 Å². The number of halogens is 1. The van der Waals surface area contributed by atoms with Crippen LogP contribution in [0.1, 0.15) is 18.4 Å². The molecule has 7 heteroatoms. The van der Waals surface area contributed by atoms with Crippen LogP contribution in [0.4, 0.5) is 17.1 Å². The third-order valence-electron chi connectivity index (χ3n) is 3.96. The Kier molecular flexibility index (Phi) is 4.80. The number of aliphatic imine (C=N–C) groups is 1. The van der Waals surface area contributed by atoms with Crippen LogP contribution in [-0.2, 0) is 0 Å². The Bertz CT molecular complexity index is 802. The molecule has 3 rings (SSSR count). The van der Waals surface area contributed by atoms with Crippen molar-refractivity contribution in [3.63, 3.8) is 0 Å². The molecular weight excluding hydrogens is 374 g/mol. The highest BCUT2D eigenvalue weighted by molar-refractivity contribution is 9.10. The van der Waals surface area contributed by atoms with Crippen LogP contribution >= 0.6 is 15.9 Å². The fourth-order valence-corrected chi connectivity index (χ4v) is 3.21. The SMILES string of the molecule is O=[N+]([O-])c1cc(Br)c(O)c(C=Nc2ccccc2N2CCCC2)c1. The third kappa shape index (κ3) is 3.41. The summed E-state index contributed by atoms with van der Waals surface area (Å²) in [6.07, 6.45) is 3.79. The number of benzene rings is 2. The molecule has 1 N–H and O–H groups in total. The quantitative estimate of drug-likeness (QED) is 0.476. The van der Waals surface area contributed by atoms with E-state index in [1.807, 2.05) is 24.3 Å². The Morgan fingerprint density at radius 3 is 2.67 bits per heavy atom. The van der Waals surface area contributed by atoms with E-state index >= 15 is 0 Å². The molecule has 0 aromatic heterocycles. The zero-order valence-corrected chi connectivity index (χ0v) is 14.4. The monoisotopic (exact) mass is 389 g/mol. The second-order valence-electron chi connectivity index (χ2n) is 5.56. The van der Waals surface area contributed by atoms with E-state index in [4.69, 9.17) is 0 Å². The van der Waals surface area contributed by atoms with Crippen molar-refractivity contribution in [3.05, 3.63) is 56.5 Å². The highest BCUT2D eigenvalue weighted by atomic mass is 79.9. The van der Waals surface area contributed by atoms with Gasteiger partial charge in [-0.25, -0.2) is 0 Å². The molecule has 0 amide bonds. The minimum atomic E-state index is -0.500. The van der Waals surface area contributed by atoms with Gasteiger partial charge in [0, 0.05) is 37.0 Å². The van der Waals surface area contributed by atoms with E-state index in [2.05, 4.69) is 25.8 Å². The fourth-order valence-electron chi connectivity index (χ4n) is 2.75. The molecular formula is C17H16BrN3O3. The van der Waals surface area contributed by atoms with Crippen LogP contribution in [0.2, 0.25) is 0 Å². The number of phenols is 1. The van der Waals surface area contributed by atoms with Crippen molar-refractivity contribution < 1.29 is 10.0 Å². The molecule has 6 nitrogen and oxygen atoms in total. The molecule has 0 radical (unpaired) electrons. The summed E-state index contributed by atoms with van der Waals surface area (Å²) in [6.45, 7) is 2.00. The van der Waals surface area contributed by atoms with Gasteiger partial charge < -0.3 is 10.0 Å². The lowest BCUT2D eigenvalue weighted by Gasteiger charge is -2.19. The van der Waals surface area contributed by atoms with Crippen LogP contribution in [0.5, 0.6) is 5.75 Å². The Balaban J connectivity index is 1.96. The van der Waals surface area contributed by atoms with Crippen molar-refractivity contribution >= 4 is 39.2 Å². The normalized spacial score (nSPS) is 14.5. The lowest BCUT2D eigenvalue weighted by Crippen LogP contribution is -2.17. The summed E-state index contributed by atoms with van der Waals surface area (Å²) in [5.41, 5.74) is 2.01. The van der Waals surface area contributed by atoms with Crippen molar-refractivity contribution in [2.75, 3.05) is 18.0 Å². The number of hydrogen-bond acceptors (Lipinski definition) is 5. The van der Waals surface area contributed by atoms with E-state index in [1.54, 1.807) is 0 Å². The molecule has 1 fully saturated rings. The molecule has 1 aliphatic heterocycles. The predicted molar refractivity (Wildman–Crippen MR) is 97.6 cm³/mol. The molecule has 0 aliphatic carbocycles. The molecule has 2 aromatic rings. The number of aromatic hydroxyl groups is 1. The van der Waals surface area contributed by atoms with Gasteiger partial charge in [0.2, 0.25) is 0 Å². The van der Waals surface area contributed by atoms with Gasteiger partial charge >= 0.3 is 0 Å². The molecule has 2 aromatic carbocycles. The second kappa shape index (κ2) is 7.00. The smallest absolute Gasteiger partial charge is 0.271 e. The Morgan fingerprint density at radius 1 is 1.25 bits per heavy atom. The number of rotatable bonds is 4. The average molecular weight is 390 g/mol. The molecule has 1 heterocycles. The van der Waals surface area contributed by atoms with Gasteiger partial charge in [-0.3, -0.25) is 15.1 Å². The maximum absolute atomic E-state index is 11.0. The Morgan fingerprint density at radius 2 is 1.96 bits per heavy atom. The molecule has 0 saturated carbocycles. The largest absolute Gasteiger partial charge is 0.506 e. The van der Waals surface area contributed by atoms with E-state index in [9.17, 15) is 15.2 Å².